The first kappa shape index (κ1) is 31.3. The maximum absolute atomic E-state index is 14.4. The number of hydrogen-bond donors (Lipinski definition) is 1. The molecule has 4 fully saturated rings. The number of carbonyl (C=O) groups is 2. The molecule has 8 heteroatoms. The van der Waals surface area contributed by atoms with E-state index in [1.165, 1.54) is 11.1 Å². The van der Waals surface area contributed by atoms with Gasteiger partial charge >= 0.3 is 5.97 Å². The summed E-state index contributed by atoms with van der Waals surface area (Å²) < 4.78 is 7.49. The van der Waals surface area contributed by atoms with Gasteiger partial charge in [0.25, 0.3) is 0 Å². The van der Waals surface area contributed by atoms with Crippen molar-refractivity contribution >= 4 is 17.7 Å². The Labute approximate surface area is 267 Å². The summed E-state index contributed by atoms with van der Waals surface area (Å²) in [6.07, 6.45) is 13.7. The first-order valence-electron chi connectivity index (χ1n) is 16.8. The van der Waals surface area contributed by atoms with E-state index in [1.807, 2.05) is 34.0 Å². The van der Waals surface area contributed by atoms with Gasteiger partial charge in [-0.25, -0.2) is 4.98 Å². The molecule has 7 rings (SSSR count). The minimum Gasteiger partial charge on any atom is -0.496 e. The molecular formula is C37H48N4O4. The second-order valence-electron chi connectivity index (χ2n) is 14.4. The summed E-state index contributed by atoms with van der Waals surface area (Å²) in [5.74, 6) is 1.08. The standard InChI is InChI=1S/C37H48N4O4/c1-25(2)41-20-12-31(39-41)29-11-19-38-33(23-29)40(35(44)28-7-5-27(6-8-28)22-34(42)43)24-36-13-16-37(17-14-36,18-15-36)30-9-10-32(45-4)26(3)21-30/h9-12,19-21,23,25,27-28H,5-8,13-18,22,24H2,1-4H3,(H,42,43)/t27-,28-,36?,37?. The molecule has 0 atom stereocenters. The average Bonchev–Trinajstić information content (AvgIpc) is 3.56. The third kappa shape index (κ3) is 6.38. The smallest absolute Gasteiger partial charge is 0.303 e. The lowest BCUT2D eigenvalue weighted by Crippen LogP contribution is -2.52. The van der Waals surface area contributed by atoms with Crippen molar-refractivity contribution in [3.05, 3.63) is 59.9 Å². The van der Waals surface area contributed by atoms with Crippen molar-refractivity contribution < 1.29 is 19.4 Å². The highest BCUT2D eigenvalue weighted by atomic mass is 16.5. The van der Waals surface area contributed by atoms with E-state index in [2.05, 4.69) is 39.0 Å². The molecule has 240 valence electrons. The predicted molar refractivity (Wildman–Crippen MR) is 175 cm³/mol. The van der Waals surface area contributed by atoms with Crippen molar-refractivity contribution in [1.82, 2.24) is 14.8 Å². The molecule has 4 saturated carbocycles. The van der Waals surface area contributed by atoms with Crippen LogP contribution in [-0.2, 0) is 15.0 Å². The number of hydrogen-bond acceptors (Lipinski definition) is 5. The van der Waals surface area contributed by atoms with Crippen molar-refractivity contribution in [3.8, 4) is 17.0 Å². The Morgan fingerprint density at radius 2 is 1.73 bits per heavy atom. The number of pyridine rings is 1. The second kappa shape index (κ2) is 12.6. The van der Waals surface area contributed by atoms with Crippen molar-refractivity contribution in [2.24, 2.45) is 17.3 Å². The van der Waals surface area contributed by atoms with E-state index in [-0.39, 0.29) is 41.0 Å². The van der Waals surface area contributed by atoms with Gasteiger partial charge in [-0.3, -0.25) is 19.2 Å². The van der Waals surface area contributed by atoms with E-state index >= 15 is 0 Å². The molecule has 0 radical (unpaired) electrons. The van der Waals surface area contributed by atoms with Gasteiger partial charge in [0, 0.05) is 42.9 Å². The Hall–Kier alpha value is -3.68. The van der Waals surface area contributed by atoms with Gasteiger partial charge in [0.15, 0.2) is 0 Å². The molecule has 3 aromatic rings. The van der Waals surface area contributed by atoms with Gasteiger partial charge in [0.1, 0.15) is 11.6 Å². The first-order valence-corrected chi connectivity index (χ1v) is 16.8. The Balaban J connectivity index is 1.25. The molecule has 0 spiro atoms. The molecule has 4 aliphatic carbocycles. The second-order valence-corrected chi connectivity index (χ2v) is 14.4. The summed E-state index contributed by atoms with van der Waals surface area (Å²) >= 11 is 0. The number of carboxylic acids is 1. The van der Waals surface area contributed by atoms with E-state index in [0.717, 1.165) is 81.2 Å². The van der Waals surface area contributed by atoms with Crippen molar-refractivity contribution in [2.75, 3.05) is 18.6 Å². The van der Waals surface area contributed by atoms with Crippen LogP contribution >= 0.6 is 0 Å². The normalized spacial score (nSPS) is 26.2. The summed E-state index contributed by atoms with van der Waals surface area (Å²) in [4.78, 5) is 32.5. The number of rotatable bonds is 10. The summed E-state index contributed by atoms with van der Waals surface area (Å²) in [6.45, 7) is 7.02. The summed E-state index contributed by atoms with van der Waals surface area (Å²) in [7, 11) is 1.73. The lowest BCUT2D eigenvalue weighted by Gasteiger charge is -2.55. The van der Waals surface area contributed by atoms with E-state index in [9.17, 15) is 14.7 Å². The molecule has 1 aromatic carbocycles. The number of nitrogens with zero attached hydrogens (tertiary/aromatic N) is 4. The molecule has 2 heterocycles. The Kier molecular flexibility index (Phi) is 8.77. The maximum atomic E-state index is 14.4. The van der Waals surface area contributed by atoms with E-state index in [1.54, 1.807) is 13.3 Å². The van der Waals surface area contributed by atoms with Crippen LogP contribution in [0.2, 0.25) is 0 Å². The number of aliphatic carboxylic acids is 1. The van der Waals surface area contributed by atoms with E-state index < -0.39 is 5.97 Å². The van der Waals surface area contributed by atoms with Crippen LogP contribution in [0.5, 0.6) is 5.75 Å². The third-order valence-corrected chi connectivity index (χ3v) is 11.3. The van der Waals surface area contributed by atoms with Gasteiger partial charge in [-0.2, -0.15) is 5.10 Å². The number of carboxylic acid groups (broad SMARTS) is 1. The number of anilines is 1. The lowest BCUT2D eigenvalue weighted by atomic mass is 9.51. The van der Waals surface area contributed by atoms with Crippen LogP contribution in [0.3, 0.4) is 0 Å². The molecule has 0 unspecified atom stereocenters. The van der Waals surface area contributed by atoms with Gasteiger partial charge in [0.05, 0.1) is 12.8 Å². The number of fused-ring (bicyclic) bond motifs is 3. The zero-order valence-electron chi connectivity index (χ0n) is 27.3. The van der Waals surface area contributed by atoms with Crippen LogP contribution < -0.4 is 9.64 Å². The zero-order chi connectivity index (χ0) is 31.8. The van der Waals surface area contributed by atoms with Gasteiger partial charge in [-0.1, -0.05) is 12.1 Å². The molecular weight excluding hydrogens is 564 g/mol. The zero-order valence-corrected chi connectivity index (χ0v) is 27.3. The maximum Gasteiger partial charge on any atom is 0.303 e. The number of aryl methyl sites for hydroxylation is 1. The highest BCUT2D eigenvalue weighted by Crippen LogP contribution is 2.58. The number of aromatic nitrogens is 3. The molecule has 1 N–H and O–H groups in total. The SMILES string of the molecule is COc1ccc(C23CCC(CN(c4cc(-c5ccn(C(C)C)n5)ccn4)C(=O)[C@H]4CC[C@H](CC(=O)O)CC4)(CC2)CC3)cc1C. The van der Waals surface area contributed by atoms with Crippen molar-refractivity contribution in [1.29, 1.82) is 0 Å². The number of carbonyl (C=O) groups excluding carboxylic acids is 1. The van der Waals surface area contributed by atoms with Gasteiger partial charge in [0.2, 0.25) is 5.91 Å². The molecule has 1 amide bonds. The molecule has 2 bridgehead atoms. The van der Waals surface area contributed by atoms with Gasteiger partial charge in [-0.15, -0.1) is 0 Å². The fourth-order valence-corrected chi connectivity index (χ4v) is 8.33. The van der Waals surface area contributed by atoms with Crippen LogP contribution in [0.25, 0.3) is 11.3 Å². The molecule has 0 saturated heterocycles. The fraction of sp³-hybridized carbons (Fsp3) is 0.568. The molecule has 4 aliphatic rings. The topological polar surface area (TPSA) is 97.5 Å². The van der Waals surface area contributed by atoms with Crippen LogP contribution in [0.15, 0.2) is 48.8 Å². The molecule has 0 aliphatic heterocycles. The van der Waals surface area contributed by atoms with Gasteiger partial charge in [-0.05, 0) is 137 Å². The minimum atomic E-state index is -0.748. The quantitative estimate of drug-likeness (QED) is 0.251. The lowest BCUT2D eigenvalue weighted by molar-refractivity contribution is -0.138. The van der Waals surface area contributed by atoms with E-state index in [0.29, 0.717) is 12.4 Å². The minimum absolute atomic E-state index is 0.0658. The first-order chi connectivity index (χ1) is 21.6. The molecule has 2 aromatic heterocycles. The van der Waals surface area contributed by atoms with Crippen molar-refractivity contribution in [3.63, 3.8) is 0 Å². The molecule has 45 heavy (non-hydrogen) atoms. The van der Waals surface area contributed by atoms with Crippen LogP contribution in [0, 0.1) is 24.2 Å². The van der Waals surface area contributed by atoms with Crippen LogP contribution in [0.1, 0.15) is 102 Å². The Bertz CT molecular complexity index is 1510. The van der Waals surface area contributed by atoms with Crippen LogP contribution in [-0.4, -0.2) is 45.4 Å². The Morgan fingerprint density at radius 1 is 1.02 bits per heavy atom. The van der Waals surface area contributed by atoms with Gasteiger partial charge < -0.3 is 9.84 Å². The number of amides is 1. The number of ether oxygens (including phenoxy) is 1. The highest BCUT2D eigenvalue weighted by molar-refractivity contribution is 5.95. The number of methoxy groups -OCH3 is 1. The van der Waals surface area contributed by atoms with Crippen LogP contribution in [0.4, 0.5) is 5.82 Å². The summed E-state index contributed by atoms with van der Waals surface area (Å²) in [5, 5.41) is 14.1. The summed E-state index contributed by atoms with van der Waals surface area (Å²) in [6, 6.07) is 13.0. The Morgan fingerprint density at radius 3 is 2.33 bits per heavy atom. The molecule has 8 nitrogen and oxygen atoms in total. The number of benzene rings is 1. The highest BCUT2D eigenvalue weighted by Gasteiger charge is 2.51. The largest absolute Gasteiger partial charge is 0.496 e. The summed E-state index contributed by atoms with van der Waals surface area (Å²) in [5.41, 5.74) is 4.71. The fourth-order valence-electron chi connectivity index (χ4n) is 8.33. The third-order valence-electron chi connectivity index (χ3n) is 11.3. The van der Waals surface area contributed by atoms with E-state index in [4.69, 9.17) is 14.8 Å². The van der Waals surface area contributed by atoms with Crippen molar-refractivity contribution in [2.45, 2.75) is 103 Å². The monoisotopic (exact) mass is 612 g/mol. The average molecular weight is 613 g/mol. The predicted octanol–water partition coefficient (Wildman–Crippen LogP) is 7.75.